The van der Waals surface area contributed by atoms with E-state index in [-0.39, 0.29) is 29.8 Å². The lowest BCUT2D eigenvalue weighted by atomic mass is 10.1. The van der Waals surface area contributed by atoms with Gasteiger partial charge in [0.25, 0.3) is 5.91 Å². The van der Waals surface area contributed by atoms with Crippen molar-refractivity contribution in [1.29, 1.82) is 0 Å². The van der Waals surface area contributed by atoms with Crippen LogP contribution in [0.2, 0.25) is 0 Å². The van der Waals surface area contributed by atoms with E-state index in [4.69, 9.17) is 20.3 Å². The van der Waals surface area contributed by atoms with Crippen LogP contribution < -0.4 is 15.8 Å². The maximum atomic E-state index is 11.8. The summed E-state index contributed by atoms with van der Waals surface area (Å²) in [6, 6.07) is 4.38. The zero-order valence-electron chi connectivity index (χ0n) is 11.5. The van der Waals surface area contributed by atoms with Crippen LogP contribution in [0.15, 0.2) is 18.2 Å². The van der Waals surface area contributed by atoms with Gasteiger partial charge >= 0.3 is 5.97 Å². The van der Waals surface area contributed by atoms with E-state index in [1.807, 2.05) is 0 Å². The molecule has 2 rings (SSSR count). The first-order chi connectivity index (χ1) is 10.1. The lowest BCUT2D eigenvalue weighted by Crippen LogP contribution is -2.41. The molecule has 1 heterocycles. The van der Waals surface area contributed by atoms with Gasteiger partial charge in [0, 0.05) is 24.9 Å². The number of anilines is 1. The minimum atomic E-state index is -1.13. The molecule has 4 N–H and O–H groups in total. The van der Waals surface area contributed by atoms with Crippen LogP contribution in [0.25, 0.3) is 0 Å². The van der Waals surface area contributed by atoms with Crippen molar-refractivity contribution in [2.45, 2.75) is 18.9 Å². The Balaban J connectivity index is 1.86. The second kappa shape index (κ2) is 6.94. The first-order valence-corrected chi connectivity index (χ1v) is 6.69. The Bertz CT molecular complexity index is 526. The molecule has 0 aliphatic carbocycles. The van der Waals surface area contributed by atoms with Gasteiger partial charge in [0.1, 0.15) is 5.75 Å². The Hall–Kier alpha value is -2.28. The number of carbonyl (C=O) groups excluding carboxylic acids is 1. The molecule has 1 aromatic rings. The second-order valence-electron chi connectivity index (χ2n) is 4.80. The van der Waals surface area contributed by atoms with Crippen molar-refractivity contribution in [2.75, 3.05) is 25.6 Å². The molecule has 0 atom stereocenters. The van der Waals surface area contributed by atoms with Gasteiger partial charge in [0.15, 0.2) is 6.61 Å². The van der Waals surface area contributed by atoms with E-state index in [0.29, 0.717) is 19.0 Å². The Morgan fingerprint density at radius 2 is 2.10 bits per heavy atom. The zero-order valence-corrected chi connectivity index (χ0v) is 11.5. The predicted molar refractivity (Wildman–Crippen MR) is 75.3 cm³/mol. The molecule has 7 heteroatoms. The summed E-state index contributed by atoms with van der Waals surface area (Å²) in [6.45, 7) is 1.12. The van der Waals surface area contributed by atoms with Crippen LogP contribution in [0.4, 0.5) is 5.69 Å². The summed E-state index contributed by atoms with van der Waals surface area (Å²) in [5.41, 5.74) is 5.65. The molecule has 1 fully saturated rings. The highest BCUT2D eigenvalue weighted by molar-refractivity contribution is 5.94. The number of hydrogen-bond acceptors (Lipinski definition) is 5. The van der Waals surface area contributed by atoms with Crippen molar-refractivity contribution in [3.05, 3.63) is 23.8 Å². The fraction of sp³-hybridized carbons (Fsp3) is 0.429. The van der Waals surface area contributed by atoms with Gasteiger partial charge in [-0.2, -0.15) is 0 Å². The van der Waals surface area contributed by atoms with Gasteiger partial charge in [-0.05, 0) is 31.0 Å². The second-order valence-corrected chi connectivity index (χ2v) is 4.80. The van der Waals surface area contributed by atoms with E-state index in [2.05, 4.69) is 5.32 Å². The Morgan fingerprint density at radius 1 is 1.38 bits per heavy atom. The van der Waals surface area contributed by atoms with Gasteiger partial charge in [-0.15, -0.1) is 0 Å². The van der Waals surface area contributed by atoms with E-state index in [9.17, 15) is 9.59 Å². The Morgan fingerprint density at radius 3 is 2.76 bits per heavy atom. The third-order valence-corrected chi connectivity index (χ3v) is 3.21. The number of carbonyl (C=O) groups is 2. The number of rotatable bonds is 5. The average Bonchev–Trinajstić information content (AvgIpc) is 2.47. The molecule has 0 radical (unpaired) electrons. The maximum absolute atomic E-state index is 11.8. The number of nitrogens with two attached hydrogens (primary N) is 1. The molecule has 1 saturated heterocycles. The van der Waals surface area contributed by atoms with Crippen molar-refractivity contribution < 1.29 is 24.2 Å². The normalized spacial score (nSPS) is 15.4. The smallest absolute Gasteiger partial charge is 0.337 e. The van der Waals surface area contributed by atoms with Gasteiger partial charge in [-0.3, -0.25) is 4.79 Å². The number of hydrogen-bond donors (Lipinski definition) is 3. The highest BCUT2D eigenvalue weighted by atomic mass is 16.5. The Kier molecular flexibility index (Phi) is 4.99. The molecule has 0 bridgehead atoms. The summed E-state index contributed by atoms with van der Waals surface area (Å²) < 4.78 is 10.5. The van der Waals surface area contributed by atoms with E-state index in [1.165, 1.54) is 18.2 Å². The SMILES string of the molecule is Nc1ccc(OCC(=O)NC2CCOCC2)cc1C(=O)O. The number of ether oxygens (including phenoxy) is 2. The van der Waals surface area contributed by atoms with Gasteiger partial charge in [-0.1, -0.05) is 0 Å². The molecule has 21 heavy (non-hydrogen) atoms. The third-order valence-electron chi connectivity index (χ3n) is 3.21. The number of amides is 1. The average molecular weight is 294 g/mol. The van der Waals surface area contributed by atoms with Crippen molar-refractivity contribution in [2.24, 2.45) is 0 Å². The van der Waals surface area contributed by atoms with Crippen LogP contribution >= 0.6 is 0 Å². The summed E-state index contributed by atoms with van der Waals surface area (Å²) in [5, 5.41) is 11.8. The van der Waals surface area contributed by atoms with Crippen LogP contribution in [0.1, 0.15) is 23.2 Å². The summed E-state index contributed by atoms with van der Waals surface area (Å²) in [5.74, 6) is -1.08. The quantitative estimate of drug-likeness (QED) is 0.687. The summed E-state index contributed by atoms with van der Waals surface area (Å²) in [6.07, 6.45) is 1.58. The number of carboxylic acid groups (broad SMARTS) is 1. The first-order valence-electron chi connectivity index (χ1n) is 6.69. The molecule has 0 saturated carbocycles. The van der Waals surface area contributed by atoms with Crippen molar-refractivity contribution in [3.63, 3.8) is 0 Å². The minimum absolute atomic E-state index is 0.0441. The number of carboxylic acids is 1. The highest BCUT2D eigenvalue weighted by Gasteiger charge is 2.16. The minimum Gasteiger partial charge on any atom is -0.484 e. The van der Waals surface area contributed by atoms with Crippen LogP contribution in [-0.4, -0.2) is 42.8 Å². The topological polar surface area (TPSA) is 111 Å². The molecule has 1 amide bonds. The van der Waals surface area contributed by atoms with Gasteiger partial charge < -0.3 is 25.6 Å². The fourth-order valence-corrected chi connectivity index (χ4v) is 2.07. The van der Waals surface area contributed by atoms with Crippen LogP contribution in [0.3, 0.4) is 0 Å². The molecule has 0 spiro atoms. The first kappa shape index (κ1) is 15.1. The monoisotopic (exact) mass is 294 g/mol. The number of nitrogens with one attached hydrogen (secondary N) is 1. The number of benzene rings is 1. The molecular weight excluding hydrogens is 276 g/mol. The van der Waals surface area contributed by atoms with Crippen LogP contribution in [0.5, 0.6) is 5.75 Å². The molecule has 114 valence electrons. The van der Waals surface area contributed by atoms with Crippen molar-refractivity contribution in [1.82, 2.24) is 5.32 Å². The molecule has 1 aliphatic rings. The van der Waals surface area contributed by atoms with Gasteiger partial charge in [-0.25, -0.2) is 4.79 Å². The van der Waals surface area contributed by atoms with E-state index >= 15 is 0 Å². The lowest BCUT2D eigenvalue weighted by Gasteiger charge is -2.23. The molecule has 7 nitrogen and oxygen atoms in total. The van der Waals surface area contributed by atoms with Gasteiger partial charge in [0.2, 0.25) is 0 Å². The highest BCUT2D eigenvalue weighted by Crippen LogP contribution is 2.19. The Labute approximate surface area is 122 Å². The van der Waals surface area contributed by atoms with E-state index < -0.39 is 5.97 Å². The van der Waals surface area contributed by atoms with Crippen LogP contribution in [0, 0.1) is 0 Å². The molecule has 0 unspecified atom stereocenters. The summed E-state index contributed by atoms with van der Waals surface area (Å²) in [7, 11) is 0. The molecule has 0 aromatic heterocycles. The summed E-state index contributed by atoms with van der Waals surface area (Å²) in [4.78, 5) is 22.7. The lowest BCUT2D eigenvalue weighted by molar-refractivity contribution is -0.124. The largest absolute Gasteiger partial charge is 0.484 e. The molecular formula is C14H18N2O5. The molecule has 1 aromatic carbocycles. The summed E-state index contributed by atoms with van der Waals surface area (Å²) >= 11 is 0. The maximum Gasteiger partial charge on any atom is 0.337 e. The molecule has 1 aliphatic heterocycles. The van der Waals surface area contributed by atoms with Gasteiger partial charge in [0.05, 0.1) is 5.56 Å². The van der Waals surface area contributed by atoms with Crippen molar-refractivity contribution in [3.8, 4) is 5.75 Å². The van der Waals surface area contributed by atoms with Crippen molar-refractivity contribution >= 4 is 17.6 Å². The van der Waals surface area contributed by atoms with E-state index in [1.54, 1.807) is 0 Å². The zero-order chi connectivity index (χ0) is 15.2. The number of nitrogen functional groups attached to an aromatic ring is 1. The standard InChI is InChI=1S/C14H18N2O5/c15-12-2-1-10(7-11(12)14(18)19)21-8-13(17)16-9-3-5-20-6-4-9/h1-2,7,9H,3-6,8,15H2,(H,16,17)(H,18,19). The van der Waals surface area contributed by atoms with E-state index in [0.717, 1.165) is 12.8 Å². The fourth-order valence-electron chi connectivity index (χ4n) is 2.07. The van der Waals surface area contributed by atoms with Crippen LogP contribution in [-0.2, 0) is 9.53 Å². The third kappa shape index (κ3) is 4.35. The number of aromatic carboxylic acids is 1. The predicted octanol–water partition coefficient (Wildman–Crippen LogP) is 0.641.